The van der Waals surface area contributed by atoms with Gasteiger partial charge in [-0.2, -0.15) is 0 Å². The van der Waals surface area contributed by atoms with Gasteiger partial charge in [0.2, 0.25) is 5.91 Å². The van der Waals surface area contributed by atoms with E-state index in [2.05, 4.69) is 10.6 Å². The van der Waals surface area contributed by atoms with Crippen molar-refractivity contribution in [3.63, 3.8) is 0 Å². The quantitative estimate of drug-likeness (QED) is 0.558. The normalized spacial score (nSPS) is 10.8. The van der Waals surface area contributed by atoms with Crippen LogP contribution in [0.15, 0.2) is 18.2 Å². The second-order valence-corrected chi connectivity index (χ2v) is 5.90. The Bertz CT molecular complexity index is 539. The Kier molecular flexibility index (Phi) is 7.16. The number of halogens is 1. The molecule has 0 atom stereocenters. The Morgan fingerprint density at radius 3 is 2.04 bits per heavy atom. The SMILES string of the molecule is COc1cc(OC)cc(C(=O)NCCNC(=O)C(C)(C)CCl)c1. The number of carbonyl (C=O) groups is 2. The molecule has 7 heteroatoms. The van der Waals surface area contributed by atoms with E-state index >= 15 is 0 Å². The number of rotatable bonds is 8. The molecule has 0 saturated heterocycles. The number of alkyl halides is 1. The van der Waals surface area contributed by atoms with Crippen molar-refractivity contribution >= 4 is 23.4 Å². The van der Waals surface area contributed by atoms with Crippen LogP contribution >= 0.6 is 11.6 Å². The monoisotopic (exact) mass is 342 g/mol. The first-order chi connectivity index (χ1) is 10.8. The maximum atomic E-state index is 12.1. The lowest BCUT2D eigenvalue weighted by molar-refractivity contribution is -0.128. The van der Waals surface area contributed by atoms with E-state index in [0.29, 0.717) is 30.2 Å². The topological polar surface area (TPSA) is 76.7 Å². The second kappa shape index (κ2) is 8.62. The third-order valence-electron chi connectivity index (χ3n) is 3.26. The van der Waals surface area contributed by atoms with E-state index < -0.39 is 5.41 Å². The smallest absolute Gasteiger partial charge is 0.251 e. The Morgan fingerprint density at radius 1 is 1.04 bits per heavy atom. The summed E-state index contributed by atoms with van der Waals surface area (Å²) in [5.74, 6) is 0.880. The predicted octanol–water partition coefficient (Wildman–Crippen LogP) is 1.81. The van der Waals surface area contributed by atoms with Crippen molar-refractivity contribution in [3.05, 3.63) is 23.8 Å². The fourth-order valence-electron chi connectivity index (χ4n) is 1.69. The number of hydrogen-bond donors (Lipinski definition) is 2. The Balaban J connectivity index is 2.53. The zero-order valence-electron chi connectivity index (χ0n) is 13.9. The molecule has 0 aliphatic heterocycles. The van der Waals surface area contributed by atoms with Crippen molar-refractivity contribution < 1.29 is 19.1 Å². The van der Waals surface area contributed by atoms with Crippen LogP contribution in [0.2, 0.25) is 0 Å². The van der Waals surface area contributed by atoms with Crippen molar-refractivity contribution in [2.45, 2.75) is 13.8 Å². The van der Waals surface area contributed by atoms with E-state index in [-0.39, 0.29) is 17.7 Å². The molecule has 0 aromatic heterocycles. The van der Waals surface area contributed by atoms with Gasteiger partial charge in [0.25, 0.3) is 5.91 Å². The van der Waals surface area contributed by atoms with Crippen LogP contribution < -0.4 is 20.1 Å². The first kappa shape index (κ1) is 19.1. The second-order valence-electron chi connectivity index (χ2n) is 5.63. The molecule has 0 fully saturated rings. The average molecular weight is 343 g/mol. The zero-order chi connectivity index (χ0) is 17.5. The molecule has 0 aliphatic rings. The Labute approximate surface area is 141 Å². The molecule has 0 saturated carbocycles. The van der Waals surface area contributed by atoms with Crippen LogP contribution in [0.25, 0.3) is 0 Å². The van der Waals surface area contributed by atoms with E-state index in [1.165, 1.54) is 14.2 Å². The molecule has 2 N–H and O–H groups in total. The van der Waals surface area contributed by atoms with Gasteiger partial charge in [0.05, 0.1) is 19.6 Å². The van der Waals surface area contributed by atoms with Crippen LogP contribution in [0, 0.1) is 5.41 Å². The summed E-state index contributed by atoms with van der Waals surface area (Å²) in [6.45, 7) is 4.15. The summed E-state index contributed by atoms with van der Waals surface area (Å²) >= 11 is 5.73. The minimum atomic E-state index is -0.633. The highest BCUT2D eigenvalue weighted by molar-refractivity contribution is 6.19. The molecule has 1 aromatic rings. The number of amides is 2. The van der Waals surface area contributed by atoms with Gasteiger partial charge in [0.1, 0.15) is 11.5 Å². The number of hydrogen-bond acceptors (Lipinski definition) is 4. The first-order valence-electron chi connectivity index (χ1n) is 7.19. The largest absolute Gasteiger partial charge is 0.497 e. The predicted molar refractivity (Wildman–Crippen MR) is 89.4 cm³/mol. The van der Waals surface area contributed by atoms with Crippen molar-refractivity contribution in [1.82, 2.24) is 10.6 Å². The van der Waals surface area contributed by atoms with Crippen LogP contribution in [0.3, 0.4) is 0 Å². The van der Waals surface area contributed by atoms with E-state index in [1.54, 1.807) is 32.0 Å². The minimum Gasteiger partial charge on any atom is -0.497 e. The maximum Gasteiger partial charge on any atom is 0.251 e. The highest BCUT2D eigenvalue weighted by Crippen LogP contribution is 2.22. The van der Waals surface area contributed by atoms with E-state index in [4.69, 9.17) is 21.1 Å². The van der Waals surface area contributed by atoms with Gasteiger partial charge in [-0.25, -0.2) is 0 Å². The van der Waals surface area contributed by atoms with Crippen LogP contribution in [-0.4, -0.2) is 45.0 Å². The number of ether oxygens (including phenoxy) is 2. The lowest BCUT2D eigenvalue weighted by atomic mass is 9.95. The van der Waals surface area contributed by atoms with Crippen molar-refractivity contribution in [2.75, 3.05) is 33.2 Å². The fraction of sp³-hybridized carbons (Fsp3) is 0.500. The molecule has 23 heavy (non-hydrogen) atoms. The molecular formula is C16H23ClN2O4. The van der Waals surface area contributed by atoms with Crippen molar-refractivity contribution in [2.24, 2.45) is 5.41 Å². The molecule has 0 radical (unpaired) electrons. The minimum absolute atomic E-state index is 0.148. The molecule has 0 heterocycles. The van der Waals surface area contributed by atoms with Gasteiger partial charge in [0.15, 0.2) is 0 Å². The van der Waals surface area contributed by atoms with Gasteiger partial charge < -0.3 is 20.1 Å². The van der Waals surface area contributed by atoms with Gasteiger partial charge in [-0.05, 0) is 26.0 Å². The first-order valence-corrected chi connectivity index (χ1v) is 7.73. The van der Waals surface area contributed by atoms with Gasteiger partial charge >= 0.3 is 0 Å². The lowest BCUT2D eigenvalue weighted by Crippen LogP contribution is -2.41. The molecular weight excluding hydrogens is 320 g/mol. The number of methoxy groups -OCH3 is 2. The molecule has 0 aliphatic carbocycles. The molecule has 2 amide bonds. The molecule has 1 rings (SSSR count). The highest BCUT2D eigenvalue weighted by Gasteiger charge is 2.25. The molecule has 1 aromatic carbocycles. The highest BCUT2D eigenvalue weighted by atomic mass is 35.5. The summed E-state index contributed by atoms with van der Waals surface area (Å²) in [7, 11) is 3.04. The van der Waals surface area contributed by atoms with E-state index in [1.807, 2.05) is 0 Å². The van der Waals surface area contributed by atoms with Crippen molar-refractivity contribution in [3.8, 4) is 11.5 Å². The lowest BCUT2D eigenvalue weighted by Gasteiger charge is -2.20. The third kappa shape index (κ3) is 5.63. The van der Waals surface area contributed by atoms with Gasteiger partial charge in [-0.1, -0.05) is 0 Å². The molecule has 0 unspecified atom stereocenters. The molecule has 6 nitrogen and oxygen atoms in total. The summed E-state index contributed by atoms with van der Waals surface area (Å²) in [4.78, 5) is 24.0. The summed E-state index contributed by atoms with van der Waals surface area (Å²) in [5.41, 5.74) is -0.209. The van der Waals surface area contributed by atoms with Crippen LogP contribution in [0.4, 0.5) is 0 Å². The van der Waals surface area contributed by atoms with Crippen LogP contribution in [-0.2, 0) is 4.79 Å². The molecule has 0 bridgehead atoms. The average Bonchev–Trinajstić information content (AvgIpc) is 2.57. The van der Waals surface area contributed by atoms with Gasteiger partial charge in [0, 0.05) is 30.6 Å². The number of nitrogens with one attached hydrogen (secondary N) is 2. The van der Waals surface area contributed by atoms with E-state index in [0.717, 1.165) is 0 Å². The summed E-state index contributed by atoms with van der Waals surface area (Å²) in [5, 5.41) is 5.47. The third-order valence-corrected chi connectivity index (χ3v) is 3.93. The van der Waals surface area contributed by atoms with Gasteiger partial charge in [-0.15, -0.1) is 11.6 Å². The molecule has 0 spiro atoms. The fourth-order valence-corrected chi connectivity index (χ4v) is 1.81. The van der Waals surface area contributed by atoms with E-state index in [9.17, 15) is 9.59 Å². The van der Waals surface area contributed by atoms with Crippen LogP contribution in [0.1, 0.15) is 24.2 Å². The Morgan fingerprint density at radius 2 is 1.57 bits per heavy atom. The van der Waals surface area contributed by atoms with Crippen molar-refractivity contribution in [1.29, 1.82) is 0 Å². The maximum absolute atomic E-state index is 12.1. The summed E-state index contributed by atoms with van der Waals surface area (Å²) < 4.78 is 10.2. The summed E-state index contributed by atoms with van der Waals surface area (Å²) in [6, 6.07) is 4.92. The number of carbonyl (C=O) groups excluding carboxylic acids is 2. The Hall–Kier alpha value is -1.95. The van der Waals surface area contributed by atoms with Crippen LogP contribution in [0.5, 0.6) is 11.5 Å². The standard InChI is InChI=1S/C16H23ClN2O4/c1-16(2,10-17)15(21)19-6-5-18-14(20)11-7-12(22-3)9-13(8-11)23-4/h7-9H,5-6,10H2,1-4H3,(H,18,20)(H,19,21). The molecule has 128 valence electrons. The van der Waals surface area contributed by atoms with Gasteiger partial charge in [-0.3, -0.25) is 9.59 Å². The zero-order valence-corrected chi connectivity index (χ0v) is 14.6. The number of benzene rings is 1. The summed E-state index contributed by atoms with van der Waals surface area (Å²) in [6.07, 6.45) is 0.